The smallest absolute Gasteiger partial charge is 0.271 e. The number of benzene rings is 1. The highest BCUT2D eigenvalue weighted by molar-refractivity contribution is 5.90. The Labute approximate surface area is 159 Å². The highest BCUT2D eigenvalue weighted by Crippen LogP contribution is 2.17. The molecular weight excluding hydrogens is 362 g/mol. The molecule has 0 atom stereocenters. The third kappa shape index (κ3) is 4.85. The summed E-state index contributed by atoms with van der Waals surface area (Å²) in [6, 6.07) is 12.4. The van der Waals surface area contributed by atoms with Gasteiger partial charge in [0.25, 0.3) is 11.2 Å². The summed E-state index contributed by atoms with van der Waals surface area (Å²) >= 11 is 0. The van der Waals surface area contributed by atoms with E-state index < -0.39 is 4.92 Å². The molecule has 9 heteroatoms. The van der Waals surface area contributed by atoms with Gasteiger partial charge in [0.1, 0.15) is 0 Å². The van der Waals surface area contributed by atoms with Crippen LogP contribution in [0, 0.1) is 10.1 Å². The molecule has 0 aliphatic heterocycles. The van der Waals surface area contributed by atoms with Gasteiger partial charge in [-0.25, -0.2) is 4.68 Å². The van der Waals surface area contributed by atoms with Crippen LogP contribution in [0.2, 0.25) is 0 Å². The molecule has 2 heterocycles. The number of aromatic nitrogens is 3. The molecule has 0 radical (unpaired) electrons. The number of nitrogens with zero attached hydrogens (tertiary/aromatic N) is 4. The second kappa shape index (κ2) is 8.67. The highest BCUT2D eigenvalue weighted by Gasteiger charge is 2.09. The van der Waals surface area contributed by atoms with E-state index in [1.807, 2.05) is 6.07 Å². The summed E-state index contributed by atoms with van der Waals surface area (Å²) in [4.78, 5) is 38.3. The molecule has 1 aromatic carbocycles. The first-order chi connectivity index (χ1) is 13.5. The molecule has 2 aromatic heterocycles. The third-order valence-electron chi connectivity index (χ3n) is 3.94. The van der Waals surface area contributed by atoms with E-state index in [0.29, 0.717) is 17.8 Å². The maximum absolute atomic E-state index is 12.1. The molecule has 142 valence electrons. The van der Waals surface area contributed by atoms with Crippen LogP contribution < -0.4 is 10.9 Å². The largest absolute Gasteiger partial charge is 0.326 e. The second-order valence-corrected chi connectivity index (χ2v) is 5.98. The molecule has 1 N–H and O–H groups in total. The average molecular weight is 379 g/mol. The van der Waals surface area contributed by atoms with Gasteiger partial charge in [-0.1, -0.05) is 6.07 Å². The zero-order chi connectivity index (χ0) is 19.9. The van der Waals surface area contributed by atoms with Crippen molar-refractivity contribution in [3.05, 3.63) is 81.4 Å². The van der Waals surface area contributed by atoms with Crippen LogP contribution in [0.15, 0.2) is 65.7 Å². The number of rotatable bonds is 7. The highest BCUT2D eigenvalue weighted by atomic mass is 16.6. The molecule has 9 nitrogen and oxygen atoms in total. The zero-order valence-corrected chi connectivity index (χ0v) is 14.8. The van der Waals surface area contributed by atoms with Crippen molar-refractivity contribution in [2.45, 2.75) is 19.4 Å². The molecule has 28 heavy (non-hydrogen) atoms. The lowest BCUT2D eigenvalue weighted by Gasteiger charge is -2.08. The summed E-state index contributed by atoms with van der Waals surface area (Å²) in [6.45, 7) is 0.273. The van der Waals surface area contributed by atoms with E-state index in [2.05, 4.69) is 15.4 Å². The Morgan fingerprint density at radius 2 is 2.04 bits per heavy atom. The summed E-state index contributed by atoms with van der Waals surface area (Å²) in [7, 11) is 0. The van der Waals surface area contributed by atoms with Gasteiger partial charge in [0, 0.05) is 54.8 Å². The molecule has 1 amide bonds. The first kappa shape index (κ1) is 18.9. The number of nitrogens with one attached hydrogen (secondary N) is 1. The summed E-state index contributed by atoms with van der Waals surface area (Å²) in [5.74, 6) is -0.294. The molecule has 0 aliphatic carbocycles. The number of hydrogen-bond donors (Lipinski definition) is 1. The number of carbonyl (C=O) groups is 1. The Morgan fingerprint density at radius 1 is 1.18 bits per heavy atom. The maximum Gasteiger partial charge on any atom is 0.271 e. The van der Waals surface area contributed by atoms with Crippen LogP contribution in [0.4, 0.5) is 11.4 Å². The van der Waals surface area contributed by atoms with Gasteiger partial charge in [0.2, 0.25) is 5.91 Å². The number of amides is 1. The van der Waals surface area contributed by atoms with E-state index in [4.69, 9.17) is 0 Å². The molecule has 0 bridgehead atoms. The number of anilines is 1. The molecule has 0 saturated carbocycles. The van der Waals surface area contributed by atoms with Crippen LogP contribution in [0.3, 0.4) is 0 Å². The second-order valence-electron chi connectivity index (χ2n) is 5.98. The lowest BCUT2D eigenvalue weighted by molar-refractivity contribution is -0.384. The quantitative estimate of drug-likeness (QED) is 0.498. The lowest BCUT2D eigenvalue weighted by Crippen LogP contribution is -2.23. The van der Waals surface area contributed by atoms with E-state index in [1.165, 1.54) is 28.9 Å². The van der Waals surface area contributed by atoms with Crippen molar-refractivity contribution in [3.8, 4) is 11.3 Å². The third-order valence-corrected chi connectivity index (χ3v) is 3.94. The molecule has 0 saturated heterocycles. The maximum atomic E-state index is 12.1. The summed E-state index contributed by atoms with van der Waals surface area (Å²) < 4.78 is 1.31. The van der Waals surface area contributed by atoms with Crippen LogP contribution in [0.25, 0.3) is 11.3 Å². The van der Waals surface area contributed by atoms with Crippen LogP contribution >= 0.6 is 0 Å². The molecule has 3 aromatic rings. The number of nitro benzene ring substituents is 1. The average Bonchev–Trinajstić information content (AvgIpc) is 2.70. The van der Waals surface area contributed by atoms with Crippen molar-refractivity contribution in [2.75, 3.05) is 5.32 Å². The molecule has 0 unspecified atom stereocenters. The van der Waals surface area contributed by atoms with E-state index >= 15 is 0 Å². The Hall–Kier alpha value is -3.88. The number of nitro groups is 1. The van der Waals surface area contributed by atoms with Gasteiger partial charge in [-0.3, -0.25) is 24.7 Å². The molecule has 0 aliphatic rings. The van der Waals surface area contributed by atoms with Crippen LogP contribution in [-0.4, -0.2) is 25.6 Å². The van der Waals surface area contributed by atoms with E-state index in [0.717, 1.165) is 5.56 Å². The first-order valence-corrected chi connectivity index (χ1v) is 8.56. The number of carbonyl (C=O) groups excluding carboxylic acids is 1. The fraction of sp³-hybridized carbons (Fsp3) is 0.158. The SMILES string of the molecule is O=C(CCCn1nc(-c2cccnc2)ccc1=O)Nc1cccc([N+](=O)[O-])c1. The number of pyridine rings is 1. The minimum absolute atomic E-state index is 0.0965. The van der Waals surface area contributed by atoms with Crippen molar-refractivity contribution < 1.29 is 9.72 Å². The van der Waals surface area contributed by atoms with Gasteiger partial charge in [0.05, 0.1) is 10.6 Å². The molecule has 3 rings (SSSR count). The number of aryl methyl sites for hydroxylation is 1. The monoisotopic (exact) mass is 379 g/mol. The van der Waals surface area contributed by atoms with Gasteiger partial charge in [-0.2, -0.15) is 5.10 Å². The number of non-ortho nitro benzene ring substituents is 1. The van der Waals surface area contributed by atoms with Crippen LogP contribution in [0.5, 0.6) is 0 Å². The van der Waals surface area contributed by atoms with Gasteiger partial charge in [0.15, 0.2) is 0 Å². The van der Waals surface area contributed by atoms with E-state index in [9.17, 15) is 19.7 Å². The zero-order valence-electron chi connectivity index (χ0n) is 14.8. The standard InChI is InChI=1S/C19H17N5O4/c25-18(21-15-5-1-6-16(12-15)24(27)28)7-3-11-23-19(26)9-8-17(22-23)14-4-2-10-20-13-14/h1-2,4-6,8-10,12-13H,3,7,11H2,(H,21,25). The van der Waals surface area contributed by atoms with Gasteiger partial charge in [-0.15, -0.1) is 0 Å². The summed E-state index contributed by atoms with van der Waals surface area (Å²) in [5, 5.41) is 17.7. The molecule has 0 spiro atoms. The minimum atomic E-state index is -0.525. The van der Waals surface area contributed by atoms with Gasteiger partial charge < -0.3 is 5.32 Å². The normalized spacial score (nSPS) is 10.4. The molecular formula is C19H17N5O4. The Kier molecular flexibility index (Phi) is 5.85. The summed E-state index contributed by atoms with van der Waals surface area (Å²) in [6.07, 6.45) is 3.85. The first-order valence-electron chi connectivity index (χ1n) is 8.56. The van der Waals surface area contributed by atoms with Crippen LogP contribution in [0.1, 0.15) is 12.8 Å². The Morgan fingerprint density at radius 3 is 2.79 bits per heavy atom. The van der Waals surface area contributed by atoms with Crippen molar-refractivity contribution in [1.29, 1.82) is 0 Å². The fourth-order valence-corrected chi connectivity index (χ4v) is 2.59. The topological polar surface area (TPSA) is 120 Å². The Bertz CT molecular complexity index is 1050. The Balaban J connectivity index is 1.59. The fourth-order valence-electron chi connectivity index (χ4n) is 2.59. The van der Waals surface area contributed by atoms with E-state index in [-0.39, 0.29) is 30.1 Å². The van der Waals surface area contributed by atoms with Crippen LogP contribution in [-0.2, 0) is 11.3 Å². The van der Waals surface area contributed by atoms with Crippen molar-refractivity contribution in [3.63, 3.8) is 0 Å². The lowest BCUT2D eigenvalue weighted by atomic mass is 10.2. The van der Waals surface area contributed by atoms with Crippen molar-refractivity contribution in [2.24, 2.45) is 0 Å². The molecule has 0 fully saturated rings. The van der Waals surface area contributed by atoms with Gasteiger partial charge >= 0.3 is 0 Å². The predicted octanol–water partition coefficient (Wildman–Crippen LogP) is 2.63. The predicted molar refractivity (Wildman–Crippen MR) is 103 cm³/mol. The number of hydrogen-bond acceptors (Lipinski definition) is 6. The van der Waals surface area contributed by atoms with Crippen molar-refractivity contribution >= 4 is 17.3 Å². The van der Waals surface area contributed by atoms with Crippen molar-refractivity contribution in [1.82, 2.24) is 14.8 Å². The minimum Gasteiger partial charge on any atom is -0.326 e. The summed E-state index contributed by atoms with van der Waals surface area (Å²) in [5.41, 5.74) is 1.41. The van der Waals surface area contributed by atoms with Gasteiger partial charge in [-0.05, 0) is 30.7 Å². The van der Waals surface area contributed by atoms with E-state index in [1.54, 1.807) is 30.6 Å².